The Morgan fingerprint density at radius 1 is 1.31 bits per heavy atom. The maximum Gasteiger partial charge on any atom is 0.231 e. The smallest absolute Gasteiger partial charge is 0.231 e. The molecule has 1 saturated heterocycles. The minimum absolute atomic E-state index is 0.154. The lowest BCUT2D eigenvalue weighted by atomic mass is 9.94. The van der Waals surface area contributed by atoms with Crippen LogP contribution in [-0.4, -0.2) is 95.5 Å². The van der Waals surface area contributed by atoms with E-state index in [1.165, 1.54) is 7.05 Å². The van der Waals surface area contributed by atoms with Crippen molar-refractivity contribution in [1.29, 1.82) is 5.26 Å². The van der Waals surface area contributed by atoms with Crippen LogP contribution in [0.2, 0.25) is 0 Å². The van der Waals surface area contributed by atoms with Gasteiger partial charge in [0.15, 0.2) is 0 Å². The summed E-state index contributed by atoms with van der Waals surface area (Å²) in [5.74, 6) is 0.499. The molecule has 1 atom stereocenters. The van der Waals surface area contributed by atoms with Crippen molar-refractivity contribution in [3.63, 3.8) is 0 Å². The van der Waals surface area contributed by atoms with Crippen LogP contribution in [0.15, 0.2) is 24.3 Å². The number of amides is 2. The van der Waals surface area contributed by atoms with Gasteiger partial charge in [0.05, 0.1) is 17.6 Å². The van der Waals surface area contributed by atoms with Gasteiger partial charge in [0.1, 0.15) is 19.1 Å². The van der Waals surface area contributed by atoms with E-state index in [4.69, 9.17) is 14.8 Å². The lowest BCUT2D eigenvalue weighted by molar-refractivity contribution is -0.138. The number of nitrogens with two attached hydrogens (primary N) is 1. The van der Waals surface area contributed by atoms with Crippen LogP contribution >= 0.6 is 0 Å². The van der Waals surface area contributed by atoms with E-state index >= 15 is 0 Å². The highest BCUT2D eigenvalue weighted by molar-refractivity contribution is 5.81. The predicted octanol–water partition coefficient (Wildman–Crippen LogP) is 1.04. The Morgan fingerprint density at radius 3 is 2.43 bits per heavy atom. The first-order valence-corrected chi connectivity index (χ1v) is 11.6. The molecule has 1 aliphatic heterocycles. The summed E-state index contributed by atoms with van der Waals surface area (Å²) in [5.41, 5.74) is 4.81. The minimum atomic E-state index is -0.266. The van der Waals surface area contributed by atoms with Crippen molar-refractivity contribution in [3.05, 3.63) is 29.8 Å². The number of likely N-dealkylation sites (tertiary alicyclic amines) is 1. The summed E-state index contributed by atoms with van der Waals surface area (Å²) in [5, 5.41) is 11.8. The van der Waals surface area contributed by atoms with Gasteiger partial charge in [-0.15, -0.1) is 0 Å². The molecule has 0 aromatic heterocycles. The van der Waals surface area contributed by atoms with E-state index in [2.05, 4.69) is 26.8 Å². The van der Waals surface area contributed by atoms with E-state index < -0.39 is 0 Å². The molecule has 2 aliphatic rings. The molecule has 1 aromatic rings. The van der Waals surface area contributed by atoms with Gasteiger partial charge in [-0.2, -0.15) is 5.26 Å². The van der Waals surface area contributed by atoms with Gasteiger partial charge < -0.3 is 30.2 Å². The monoisotopic (exact) mass is 491 g/mol. The number of nitriles is 1. The molecule has 1 aliphatic carbocycles. The molecule has 3 N–H and O–H groups in total. The number of rotatable bonds is 10. The van der Waals surface area contributed by atoms with Gasteiger partial charge in [0.2, 0.25) is 12.3 Å². The molecule has 35 heavy (non-hydrogen) atoms. The number of likely N-dealkylation sites (N-methyl/N-ethyl adjacent to an activating group) is 1. The summed E-state index contributed by atoms with van der Waals surface area (Å²) in [4.78, 5) is 36.0. The second kappa shape index (κ2) is 18.3. The molecule has 0 radical (unpaired) electrons. The van der Waals surface area contributed by atoms with E-state index in [0.717, 1.165) is 38.8 Å². The fourth-order valence-electron chi connectivity index (χ4n) is 4.09. The van der Waals surface area contributed by atoms with E-state index in [0.29, 0.717) is 30.8 Å². The van der Waals surface area contributed by atoms with Crippen LogP contribution in [0.25, 0.3) is 0 Å². The predicted molar refractivity (Wildman–Crippen MR) is 135 cm³/mol. The minimum Gasteiger partial charge on any atom is -0.493 e. The zero-order valence-electron chi connectivity index (χ0n) is 21.5. The topological polar surface area (TPSA) is 138 Å². The molecule has 10 nitrogen and oxygen atoms in total. The zero-order valence-corrected chi connectivity index (χ0v) is 21.5. The fourth-order valence-corrected chi connectivity index (χ4v) is 4.09. The summed E-state index contributed by atoms with van der Waals surface area (Å²) in [6, 6.07) is 9.15. The number of carbonyl (C=O) groups is 3. The van der Waals surface area contributed by atoms with Crippen LogP contribution in [0.5, 0.6) is 5.75 Å². The van der Waals surface area contributed by atoms with Crippen molar-refractivity contribution >= 4 is 19.1 Å². The van der Waals surface area contributed by atoms with Crippen LogP contribution in [0.4, 0.5) is 0 Å². The van der Waals surface area contributed by atoms with Crippen molar-refractivity contribution in [2.45, 2.75) is 31.2 Å². The largest absolute Gasteiger partial charge is 0.493 e. The second-order valence-electron chi connectivity index (χ2n) is 8.04. The molecule has 0 spiro atoms. The third-order valence-electron chi connectivity index (χ3n) is 5.94. The molecule has 1 saturated carbocycles. The van der Waals surface area contributed by atoms with Crippen molar-refractivity contribution in [1.82, 2.24) is 15.1 Å². The lowest BCUT2D eigenvalue weighted by Crippen LogP contribution is -2.51. The first-order chi connectivity index (χ1) is 17.0. The Morgan fingerprint density at radius 2 is 1.91 bits per heavy atom. The molecule has 2 amide bonds. The van der Waals surface area contributed by atoms with Gasteiger partial charge in [-0.05, 0) is 58.0 Å². The molecule has 0 unspecified atom stereocenters. The molecule has 196 valence electrons. The third-order valence-corrected chi connectivity index (χ3v) is 5.94. The Kier molecular flexibility index (Phi) is 16.8. The normalized spacial score (nSPS) is 15.5. The van der Waals surface area contributed by atoms with Crippen molar-refractivity contribution in [2.24, 2.45) is 11.7 Å². The SMILES string of the molecule is C=O.CN.CN(CCNC=O)C1([C@@H](COc2cccc(C#N)c2)C(=O)N2CCCC2)CC1.COC. The van der Waals surface area contributed by atoms with Crippen LogP contribution in [0.3, 0.4) is 0 Å². The van der Waals surface area contributed by atoms with Crippen molar-refractivity contribution in [2.75, 3.05) is 61.1 Å². The fraction of sp³-hybridized carbons (Fsp3) is 0.600. The Bertz CT molecular complexity index is 776. The number of hydrogen-bond acceptors (Lipinski definition) is 8. The number of methoxy groups -OCH3 is 1. The summed E-state index contributed by atoms with van der Waals surface area (Å²) in [6.45, 7) is 5.15. The Balaban J connectivity index is 0.00000150. The first-order valence-electron chi connectivity index (χ1n) is 11.6. The van der Waals surface area contributed by atoms with E-state index in [9.17, 15) is 9.59 Å². The molecule has 2 fully saturated rings. The average Bonchev–Trinajstić information content (AvgIpc) is 3.51. The van der Waals surface area contributed by atoms with Crippen LogP contribution in [-0.2, 0) is 19.1 Å². The Hall–Kier alpha value is -3.00. The van der Waals surface area contributed by atoms with Gasteiger partial charge >= 0.3 is 0 Å². The van der Waals surface area contributed by atoms with Gasteiger partial charge in [-0.25, -0.2) is 0 Å². The zero-order chi connectivity index (χ0) is 26.7. The summed E-state index contributed by atoms with van der Waals surface area (Å²) >= 11 is 0. The summed E-state index contributed by atoms with van der Waals surface area (Å²) < 4.78 is 10.2. The number of carbonyl (C=O) groups excluding carboxylic acids is 3. The van der Waals surface area contributed by atoms with Crippen molar-refractivity contribution in [3.8, 4) is 11.8 Å². The third kappa shape index (κ3) is 10.0. The number of benzene rings is 1. The van der Waals surface area contributed by atoms with Crippen LogP contribution < -0.4 is 15.8 Å². The van der Waals surface area contributed by atoms with Gasteiger partial charge in [-0.1, -0.05) is 6.07 Å². The average molecular weight is 492 g/mol. The van der Waals surface area contributed by atoms with Crippen molar-refractivity contribution < 1.29 is 23.9 Å². The molecule has 1 heterocycles. The molecule has 1 aromatic carbocycles. The highest BCUT2D eigenvalue weighted by atomic mass is 16.5. The maximum atomic E-state index is 13.3. The van der Waals surface area contributed by atoms with Gasteiger partial charge in [-0.3, -0.25) is 14.5 Å². The van der Waals surface area contributed by atoms with Gasteiger partial charge in [0, 0.05) is 45.9 Å². The first kappa shape index (κ1) is 32.0. The molecule has 3 rings (SSSR count). The molecule has 10 heteroatoms. The summed E-state index contributed by atoms with van der Waals surface area (Å²) in [6.07, 6.45) is 4.68. The standard InChI is InChI=1S/C21H28N4O3.C2H6O.CH5N.CH2O/c1-24(12-9-23-16-26)21(7-8-21)19(20(27)25-10-2-3-11-25)15-28-18-6-4-5-17(13-18)14-22;1-3-2;2*1-2/h4-6,13,16,19H,2-3,7-12,15H2,1H3,(H,23,26);1-2H3;2H2,1H3;1H2/t19-;;;/m0.../s1. The van der Waals surface area contributed by atoms with Gasteiger partial charge in [0.25, 0.3) is 0 Å². The highest BCUT2D eigenvalue weighted by Gasteiger charge is 2.56. The molecular formula is C25H41N5O5. The number of nitrogens with zero attached hydrogens (tertiary/aromatic N) is 3. The van der Waals surface area contributed by atoms with E-state index in [1.54, 1.807) is 32.4 Å². The number of ether oxygens (including phenoxy) is 2. The van der Waals surface area contributed by atoms with E-state index in [1.807, 2.05) is 24.8 Å². The summed E-state index contributed by atoms with van der Waals surface area (Å²) in [7, 11) is 6.76. The van der Waals surface area contributed by atoms with Crippen LogP contribution in [0, 0.1) is 17.2 Å². The quantitative estimate of drug-likeness (QED) is 0.366. The maximum absolute atomic E-state index is 13.3. The Labute approximate surface area is 209 Å². The number of nitrogens with one attached hydrogen (secondary N) is 1. The number of hydrogen-bond donors (Lipinski definition) is 2. The van der Waals surface area contributed by atoms with Crippen LogP contribution in [0.1, 0.15) is 31.2 Å². The van der Waals surface area contributed by atoms with E-state index in [-0.39, 0.29) is 24.0 Å². The molecule has 0 bridgehead atoms. The lowest BCUT2D eigenvalue weighted by Gasteiger charge is -2.36. The second-order valence-corrected chi connectivity index (χ2v) is 8.04. The highest BCUT2D eigenvalue weighted by Crippen LogP contribution is 2.48. The molecular weight excluding hydrogens is 450 g/mol.